The lowest BCUT2D eigenvalue weighted by molar-refractivity contribution is -0.113. The summed E-state index contributed by atoms with van der Waals surface area (Å²) in [7, 11) is 3.98. The van der Waals surface area contributed by atoms with Gasteiger partial charge in [0.1, 0.15) is 11.4 Å². The van der Waals surface area contributed by atoms with E-state index in [-0.39, 0.29) is 22.6 Å². The second kappa shape index (κ2) is 10.4. The van der Waals surface area contributed by atoms with Crippen molar-refractivity contribution in [2.75, 3.05) is 32.4 Å². The van der Waals surface area contributed by atoms with E-state index < -0.39 is 17.8 Å². The van der Waals surface area contributed by atoms with Crippen LogP contribution in [0.25, 0.3) is 5.69 Å². The molecule has 0 aliphatic rings. The van der Waals surface area contributed by atoms with Crippen LogP contribution in [0.15, 0.2) is 47.6 Å². The second-order valence-corrected chi connectivity index (χ2v) is 7.07. The average Bonchev–Trinajstić information content (AvgIpc) is 3.30. The van der Waals surface area contributed by atoms with Gasteiger partial charge in [-0.15, -0.1) is 5.10 Å². The number of thioether (sulfide) groups is 1. The Morgan fingerprint density at radius 3 is 2.50 bits per heavy atom. The minimum atomic E-state index is -0.663. The van der Waals surface area contributed by atoms with Crippen molar-refractivity contribution in [1.82, 2.24) is 20.2 Å². The predicted molar refractivity (Wildman–Crippen MR) is 114 cm³/mol. The Morgan fingerprint density at radius 1 is 1.03 bits per heavy atom. The van der Waals surface area contributed by atoms with E-state index in [4.69, 9.17) is 9.47 Å². The van der Waals surface area contributed by atoms with Crippen LogP contribution in [0.3, 0.4) is 0 Å². The molecular weight excluding hydrogens is 438 g/mol. The van der Waals surface area contributed by atoms with Crippen LogP contribution in [0.5, 0.6) is 5.75 Å². The highest BCUT2D eigenvalue weighted by Crippen LogP contribution is 2.26. The van der Waals surface area contributed by atoms with Gasteiger partial charge in [0.2, 0.25) is 11.1 Å². The van der Waals surface area contributed by atoms with Crippen molar-refractivity contribution in [2.24, 2.45) is 0 Å². The molecule has 0 unspecified atom stereocenters. The number of benzene rings is 2. The zero-order chi connectivity index (χ0) is 23.1. The minimum absolute atomic E-state index is 0.0708. The zero-order valence-electron chi connectivity index (χ0n) is 17.4. The first-order chi connectivity index (χ1) is 15.5. The highest BCUT2D eigenvalue weighted by molar-refractivity contribution is 7.99. The van der Waals surface area contributed by atoms with Crippen LogP contribution in [0.1, 0.15) is 20.7 Å². The van der Waals surface area contributed by atoms with Crippen molar-refractivity contribution in [1.29, 1.82) is 0 Å². The van der Waals surface area contributed by atoms with Crippen molar-refractivity contribution in [2.45, 2.75) is 5.16 Å². The number of para-hydroxylation sites is 2. The fourth-order valence-corrected chi connectivity index (χ4v) is 3.41. The van der Waals surface area contributed by atoms with E-state index in [2.05, 4.69) is 25.6 Å². The highest BCUT2D eigenvalue weighted by atomic mass is 32.2. The molecule has 1 amide bonds. The quantitative estimate of drug-likeness (QED) is 0.395. The van der Waals surface area contributed by atoms with Gasteiger partial charge in [0.15, 0.2) is 0 Å². The van der Waals surface area contributed by atoms with Gasteiger partial charge in [-0.2, -0.15) is 4.68 Å². The Kier molecular flexibility index (Phi) is 7.39. The molecule has 1 N–H and O–H groups in total. The maximum atomic E-state index is 12.6. The number of ether oxygens (including phenoxy) is 3. The molecule has 0 aliphatic carbocycles. The fourth-order valence-electron chi connectivity index (χ4n) is 2.72. The highest BCUT2D eigenvalue weighted by Gasteiger charge is 2.19. The maximum absolute atomic E-state index is 12.6. The van der Waals surface area contributed by atoms with Crippen molar-refractivity contribution in [3.63, 3.8) is 0 Å². The van der Waals surface area contributed by atoms with E-state index in [1.54, 1.807) is 12.1 Å². The normalized spacial score (nSPS) is 10.3. The number of esters is 2. The van der Waals surface area contributed by atoms with Gasteiger partial charge in [-0.1, -0.05) is 23.9 Å². The Balaban J connectivity index is 1.77. The van der Waals surface area contributed by atoms with E-state index in [1.165, 1.54) is 44.2 Å². The predicted octanol–water partition coefficient (Wildman–Crippen LogP) is 1.97. The molecule has 0 saturated carbocycles. The number of carbonyl (C=O) groups is 3. The number of nitrogens with zero attached hydrogens (tertiary/aromatic N) is 4. The van der Waals surface area contributed by atoms with E-state index >= 15 is 0 Å². The molecule has 3 rings (SSSR count). The Bertz CT molecular complexity index is 1150. The Hall–Kier alpha value is -3.93. The number of anilines is 1. The van der Waals surface area contributed by atoms with Crippen LogP contribution < -0.4 is 10.1 Å². The van der Waals surface area contributed by atoms with Crippen LogP contribution in [-0.4, -0.2) is 65.1 Å². The van der Waals surface area contributed by atoms with Crippen LogP contribution in [0, 0.1) is 0 Å². The number of tetrazole rings is 1. The largest absolute Gasteiger partial charge is 0.494 e. The summed E-state index contributed by atoms with van der Waals surface area (Å²) in [6.45, 7) is 0. The smallest absolute Gasteiger partial charge is 0.339 e. The first-order valence-electron chi connectivity index (χ1n) is 9.13. The molecule has 0 fully saturated rings. The van der Waals surface area contributed by atoms with E-state index in [0.717, 1.165) is 11.8 Å². The van der Waals surface area contributed by atoms with Gasteiger partial charge in [0, 0.05) is 0 Å². The number of nitrogens with one attached hydrogen (secondary N) is 1. The number of carbonyl (C=O) groups excluding carboxylic acids is 3. The van der Waals surface area contributed by atoms with Gasteiger partial charge in [0.05, 0.1) is 43.9 Å². The van der Waals surface area contributed by atoms with Gasteiger partial charge in [-0.05, 0) is 40.8 Å². The lowest BCUT2D eigenvalue weighted by Crippen LogP contribution is -2.18. The maximum Gasteiger partial charge on any atom is 0.339 e. The zero-order valence-corrected chi connectivity index (χ0v) is 18.2. The average molecular weight is 457 g/mol. The molecule has 166 valence electrons. The van der Waals surface area contributed by atoms with Crippen molar-refractivity contribution in [3.8, 4) is 11.4 Å². The Labute approximate surface area is 187 Å². The molecule has 0 saturated heterocycles. The number of hydrogen-bond donors (Lipinski definition) is 1. The second-order valence-electron chi connectivity index (χ2n) is 6.13. The van der Waals surface area contributed by atoms with Gasteiger partial charge in [-0.3, -0.25) is 4.79 Å². The number of methoxy groups -OCH3 is 3. The lowest BCUT2D eigenvalue weighted by Gasteiger charge is -2.11. The van der Waals surface area contributed by atoms with Gasteiger partial charge < -0.3 is 19.5 Å². The summed E-state index contributed by atoms with van der Waals surface area (Å²) in [6.07, 6.45) is 0. The molecule has 12 heteroatoms. The summed E-state index contributed by atoms with van der Waals surface area (Å²) >= 11 is 1.08. The summed E-state index contributed by atoms with van der Waals surface area (Å²) < 4.78 is 16.2. The SMILES string of the molecule is COC(=O)c1ccc(C(=O)OC)c(NC(=O)CSc2nnnn2-c2ccccc2OC)c1. The van der Waals surface area contributed by atoms with Crippen LogP contribution in [0.2, 0.25) is 0 Å². The van der Waals surface area contributed by atoms with E-state index in [1.807, 2.05) is 12.1 Å². The van der Waals surface area contributed by atoms with Crippen LogP contribution in [-0.2, 0) is 14.3 Å². The van der Waals surface area contributed by atoms with Gasteiger partial charge in [0.25, 0.3) is 0 Å². The summed E-state index contributed by atoms with van der Waals surface area (Å²) in [5.74, 6) is -1.23. The fraction of sp³-hybridized carbons (Fsp3) is 0.200. The van der Waals surface area contributed by atoms with E-state index in [0.29, 0.717) is 16.6 Å². The van der Waals surface area contributed by atoms with Gasteiger partial charge >= 0.3 is 11.9 Å². The molecule has 1 heterocycles. The molecule has 0 aliphatic heterocycles. The monoisotopic (exact) mass is 457 g/mol. The van der Waals surface area contributed by atoms with Crippen molar-refractivity contribution in [3.05, 3.63) is 53.6 Å². The minimum Gasteiger partial charge on any atom is -0.494 e. The molecule has 32 heavy (non-hydrogen) atoms. The third-order valence-corrected chi connectivity index (χ3v) is 5.13. The van der Waals surface area contributed by atoms with E-state index in [9.17, 15) is 14.4 Å². The molecule has 0 radical (unpaired) electrons. The van der Waals surface area contributed by atoms with Crippen LogP contribution in [0.4, 0.5) is 5.69 Å². The molecule has 3 aromatic rings. The summed E-state index contributed by atoms with van der Waals surface area (Å²) in [4.78, 5) is 36.4. The molecule has 0 atom stereocenters. The van der Waals surface area contributed by atoms with Gasteiger partial charge in [-0.25, -0.2) is 9.59 Å². The molecule has 11 nitrogen and oxygen atoms in total. The number of aromatic nitrogens is 4. The van der Waals surface area contributed by atoms with Crippen LogP contribution >= 0.6 is 11.8 Å². The van der Waals surface area contributed by atoms with Crippen molar-refractivity contribution >= 4 is 35.3 Å². The third kappa shape index (κ3) is 5.03. The topological polar surface area (TPSA) is 135 Å². The number of hydrogen-bond acceptors (Lipinski definition) is 10. The number of rotatable bonds is 8. The molecule has 1 aromatic heterocycles. The first-order valence-corrected chi connectivity index (χ1v) is 10.1. The summed E-state index contributed by atoms with van der Waals surface area (Å²) in [6, 6.07) is 11.3. The summed E-state index contributed by atoms with van der Waals surface area (Å²) in [5, 5.41) is 14.6. The third-order valence-electron chi connectivity index (χ3n) is 4.21. The molecular formula is C20H19N5O6S. The standard InChI is InChI=1S/C20H19N5O6S/c1-29-16-7-5-4-6-15(16)25-20(22-23-24-25)32-11-17(26)21-14-10-12(18(27)30-2)8-9-13(14)19(28)31-3/h4-10H,11H2,1-3H3,(H,21,26). The Morgan fingerprint density at radius 2 is 1.78 bits per heavy atom. The van der Waals surface area contributed by atoms with Crippen molar-refractivity contribution < 1.29 is 28.6 Å². The molecule has 0 spiro atoms. The molecule has 0 bridgehead atoms. The number of amides is 1. The lowest BCUT2D eigenvalue weighted by atomic mass is 10.1. The molecule has 2 aromatic carbocycles. The first kappa shape index (κ1) is 22.7. The summed E-state index contributed by atoms with van der Waals surface area (Å²) in [5.41, 5.74) is 0.997.